The lowest BCUT2D eigenvalue weighted by molar-refractivity contribution is -0.135. The molecule has 4 aromatic carbocycles. The molecule has 8 heterocycles. The van der Waals surface area contributed by atoms with Crippen LogP contribution < -0.4 is 10.6 Å². The van der Waals surface area contributed by atoms with Gasteiger partial charge in [-0.2, -0.15) is 20.4 Å². The monoisotopic (exact) mass is 1500 g/mol. The Morgan fingerprint density at radius 2 is 0.728 bits per heavy atom. The molecule has 10 N–H and O–H groups in total. The molecule has 103 heavy (non-hydrogen) atoms. The van der Waals surface area contributed by atoms with Crippen molar-refractivity contribution >= 4 is 114 Å². The summed E-state index contributed by atoms with van der Waals surface area (Å²) >= 11 is 25.0. The number of aromatic nitrogens is 8. The van der Waals surface area contributed by atoms with Gasteiger partial charge in [0.25, 0.3) is 0 Å². The highest BCUT2D eigenvalue weighted by molar-refractivity contribution is 6.32. The fraction of sp³-hybridized carbons (Fsp3) is 0.579. The van der Waals surface area contributed by atoms with Crippen molar-refractivity contribution in [2.45, 2.75) is 151 Å². The van der Waals surface area contributed by atoms with Gasteiger partial charge in [-0.3, -0.25) is 30.0 Å². The van der Waals surface area contributed by atoms with Crippen LogP contribution in [0.4, 0.5) is 9.59 Å². The van der Waals surface area contributed by atoms with Crippen molar-refractivity contribution in [2.24, 2.45) is 51.2 Å². The van der Waals surface area contributed by atoms with Crippen LogP contribution in [0.25, 0.3) is 43.6 Å². The number of ether oxygens (including phenoxy) is 1. The zero-order valence-corrected chi connectivity index (χ0v) is 64.2. The molecule has 4 atom stereocenters. The first-order chi connectivity index (χ1) is 48.9. The summed E-state index contributed by atoms with van der Waals surface area (Å²) in [7, 11) is 3.26. The molecule has 5 fully saturated rings. The molecule has 13 rings (SSSR count). The van der Waals surface area contributed by atoms with Crippen LogP contribution in [0, 0.1) is 51.2 Å². The number of nitrogens with zero attached hydrogens (tertiary/aromatic N) is 8. The van der Waals surface area contributed by atoms with Gasteiger partial charge in [0, 0.05) is 150 Å². The molecule has 6 amide bonds. The van der Waals surface area contributed by atoms with Crippen LogP contribution in [0.2, 0.25) is 20.1 Å². The molecule has 0 spiro atoms. The van der Waals surface area contributed by atoms with Gasteiger partial charge in [0.05, 0.1) is 77.9 Å². The van der Waals surface area contributed by atoms with E-state index < -0.39 is 24.4 Å². The van der Waals surface area contributed by atoms with Gasteiger partial charge in [0.2, 0.25) is 11.8 Å². The Balaban J connectivity index is 0.000000148. The summed E-state index contributed by atoms with van der Waals surface area (Å²) in [4.78, 5) is 55.3. The molecule has 4 saturated heterocycles. The fourth-order valence-corrected chi connectivity index (χ4v) is 17.0. The number of aromatic amines is 4. The van der Waals surface area contributed by atoms with Crippen LogP contribution in [0.1, 0.15) is 173 Å². The van der Waals surface area contributed by atoms with Crippen LogP contribution in [0.15, 0.2) is 73.3 Å². The maximum absolute atomic E-state index is 12.3. The highest BCUT2D eigenvalue weighted by atomic mass is 35.5. The quantitative estimate of drug-likeness (QED) is 0.0403. The maximum Gasteiger partial charge on any atom is 0.317 e. The number of amides is 6. The third kappa shape index (κ3) is 17.9. The lowest BCUT2D eigenvalue weighted by Gasteiger charge is -2.43. The van der Waals surface area contributed by atoms with E-state index in [2.05, 4.69) is 107 Å². The highest BCUT2D eigenvalue weighted by Gasteiger charge is 2.45. The minimum absolute atomic E-state index is 0.0363. The summed E-state index contributed by atoms with van der Waals surface area (Å²) in [5.41, 5.74) is 5.08. The summed E-state index contributed by atoms with van der Waals surface area (Å²) in [6, 6.07) is 14.6. The van der Waals surface area contributed by atoms with Gasteiger partial charge in [0.15, 0.2) is 0 Å². The van der Waals surface area contributed by atoms with E-state index in [0.29, 0.717) is 83.1 Å². The van der Waals surface area contributed by atoms with Crippen molar-refractivity contribution in [3.8, 4) is 0 Å². The van der Waals surface area contributed by atoms with E-state index in [1.807, 2.05) is 68.1 Å². The van der Waals surface area contributed by atoms with E-state index in [1.54, 1.807) is 45.9 Å². The number of fused-ring (bicyclic) bond motifs is 4. The Morgan fingerprint density at radius 3 is 0.990 bits per heavy atom. The molecule has 4 aliphatic heterocycles. The number of nitrogens with one attached hydrogen (secondary N) is 6. The lowest BCUT2D eigenvalue weighted by Crippen LogP contribution is -2.47. The average molecular weight is 1500 g/mol. The first kappa shape index (κ1) is 78.8. The number of methoxy groups -OCH3 is 1. The van der Waals surface area contributed by atoms with Gasteiger partial charge in [-0.05, 0) is 158 Å². The predicted molar refractivity (Wildman–Crippen MR) is 405 cm³/mol. The number of carbonyl (C=O) groups is 4. The number of benzene rings is 4. The summed E-state index contributed by atoms with van der Waals surface area (Å²) in [5, 5.41) is 84.5. The number of hydrogen-bond acceptors (Lipinski definition) is 13. The SMILES string of the molecule is CC(=O)N1CCC(C(C)(C)[C@@H](O)c2cc(Cl)cc3cn[nH]c23)CC1.CC(C)(C1CCN(C(=O)C2CC2)CC1)[C@@H](O)c1cc(Cl)cc2cn[nH]c12.CNC(=O)N1CCC(C(C)(C)[C@@H](O)c2cc(Cl)cc3cn[nH]c23)CC1.COCCNC(=O)N1CCC(C(C)(C)[C@@H](O)c2cc(Cl)cc3cn[nH]c23)CC1. The maximum atomic E-state index is 12.3. The van der Waals surface area contributed by atoms with E-state index in [1.165, 1.54) is 0 Å². The number of aliphatic hydroxyl groups excluding tert-OH is 4. The Hall–Kier alpha value is -6.80. The zero-order chi connectivity index (χ0) is 74.5. The minimum Gasteiger partial charge on any atom is -0.388 e. The van der Waals surface area contributed by atoms with Crippen LogP contribution >= 0.6 is 46.4 Å². The zero-order valence-electron chi connectivity index (χ0n) is 61.2. The third-order valence-electron chi connectivity index (χ3n) is 23.4. The molecule has 1 saturated carbocycles. The topological polar surface area (TPSA) is 310 Å². The summed E-state index contributed by atoms with van der Waals surface area (Å²) in [6.07, 6.45) is 13.4. The molecule has 0 unspecified atom stereocenters. The van der Waals surface area contributed by atoms with E-state index in [9.17, 15) is 39.6 Å². The van der Waals surface area contributed by atoms with Gasteiger partial charge >= 0.3 is 12.1 Å². The molecule has 4 aromatic heterocycles. The first-order valence-corrected chi connectivity index (χ1v) is 37.6. The average Bonchev–Trinajstić information content (AvgIpc) is 1.78. The van der Waals surface area contributed by atoms with E-state index in [0.717, 1.165) is 156 Å². The van der Waals surface area contributed by atoms with E-state index in [4.69, 9.17) is 51.1 Å². The molecule has 1 aliphatic carbocycles. The van der Waals surface area contributed by atoms with Crippen LogP contribution in [0.5, 0.6) is 0 Å². The smallest absolute Gasteiger partial charge is 0.317 e. The number of rotatable bonds is 16. The van der Waals surface area contributed by atoms with E-state index >= 15 is 0 Å². The number of likely N-dealkylation sites (tertiary alicyclic amines) is 4. The molecule has 560 valence electrons. The fourth-order valence-electron chi connectivity index (χ4n) is 16.1. The molecular weight excluding hydrogens is 1390 g/mol. The second-order valence-electron chi connectivity index (χ2n) is 31.2. The number of piperidine rings is 4. The summed E-state index contributed by atoms with van der Waals surface area (Å²) in [5.74, 6) is 2.00. The Bertz CT molecular complexity index is 4210. The van der Waals surface area contributed by atoms with Gasteiger partial charge in [0.1, 0.15) is 0 Å². The summed E-state index contributed by atoms with van der Waals surface area (Å²) < 4.78 is 4.97. The Labute approximate surface area is 623 Å². The van der Waals surface area contributed by atoms with Crippen molar-refractivity contribution in [3.63, 3.8) is 0 Å². The van der Waals surface area contributed by atoms with Crippen molar-refractivity contribution in [2.75, 3.05) is 79.7 Å². The van der Waals surface area contributed by atoms with Gasteiger partial charge < -0.3 is 55.4 Å². The highest BCUT2D eigenvalue weighted by Crippen LogP contribution is 2.51. The number of aliphatic hydroxyl groups is 4. The number of urea groups is 2. The van der Waals surface area contributed by atoms with Crippen molar-refractivity contribution in [3.05, 3.63) is 116 Å². The van der Waals surface area contributed by atoms with Crippen molar-refractivity contribution < 1.29 is 44.3 Å². The Kier molecular flexibility index (Phi) is 25.5. The second kappa shape index (κ2) is 33.3. The van der Waals surface area contributed by atoms with Crippen LogP contribution in [-0.4, -0.2) is 184 Å². The van der Waals surface area contributed by atoms with Crippen LogP contribution in [-0.2, 0) is 14.3 Å². The number of carbonyl (C=O) groups excluding carboxylic acids is 4. The molecule has 27 heteroatoms. The summed E-state index contributed by atoms with van der Waals surface area (Å²) in [6.45, 7) is 25.2. The van der Waals surface area contributed by atoms with Crippen molar-refractivity contribution in [1.29, 1.82) is 0 Å². The van der Waals surface area contributed by atoms with Gasteiger partial charge in [-0.25, -0.2) is 9.59 Å². The van der Waals surface area contributed by atoms with Crippen molar-refractivity contribution in [1.82, 2.24) is 71.0 Å². The standard InChI is InChI=1S/C20H29ClN4O3.C20H26ClN3O2.C18H25ClN4O2.C18H24ClN3O2/c1-20(2,14-4-7-25(8-5-14)19(27)22-6-9-28-3)18(26)16-11-15(21)10-13-12-23-24-17(13)16;1-20(2,14-5-7-24(8-6-14)19(26)12-3-4-12)18(25)16-10-15(21)9-13-11-22-23-17(13)16;1-18(2,12-4-6-23(7-5-12)17(25)20-3)16(24)14-9-13(19)8-11-10-21-22-15(11)14;1-11(23)22-6-4-13(5-7-22)18(2,3)17(24)15-9-14(19)8-12-10-20-21-16(12)15/h10-12,14,18,26H,4-9H2,1-3H3,(H,22,27)(H,23,24);9-12,14,18,25H,3-8H2,1-2H3,(H,22,23);8-10,12,16,24H,4-7H2,1-3H3,(H,20,25)(H,21,22);8-10,13,17,24H,4-7H2,1-3H3,(H,20,21)/t2*18-;16-;17-/m0000/s1. The lowest BCUT2D eigenvalue weighted by atomic mass is 9.68. The Morgan fingerprint density at radius 1 is 0.456 bits per heavy atom. The number of hydrogen-bond donors (Lipinski definition) is 10. The number of H-pyrrole nitrogens is 4. The van der Waals surface area contributed by atoms with Gasteiger partial charge in [-0.1, -0.05) is 102 Å². The molecule has 0 bridgehead atoms. The molecular formula is C76H104Cl4N14O9. The molecule has 23 nitrogen and oxygen atoms in total. The molecule has 8 aromatic rings. The van der Waals surface area contributed by atoms with Gasteiger partial charge in [-0.15, -0.1) is 0 Å². The predicted octanol–water partition coefficient (Wildman–Crippen LogP) is 14.1. The third-order valence-corrected chi connectivity index (χ3v) is 24.3. The minimum atomic E-state index is -0.693. The first-order valence-electron chi connectivity index (χ1n) is 36.1. The molecule has 0 radical (unpaired) electrons. The largest absolute Gasteiger partial charge is 0.388 e. The number of halogens is 4. The normalized spacial score (nSPS) is 18.4. The van der Waals surface area contributed by atoms with E-state index in [-0.39, 0.29) is 51.5 Å². The molecule has 5 aliphatic rings. The van der Waals surface area contributed by atoms with Crippen LogP contribution in [0.3, 0.4) is 0 Å². The second-order valence-corrected chi connectivity index (χ2v) is 32.9.